The van der Waals surface area contributed by atoms with Crippen molar-refractivity contribution in [2.75, 3.05) is 5.01 Å². The van der Waals surface area contributed by atoms with Gasteiger partial charge in [0.15, 0.2) is 0 Å². The van der Waals surface area contributed by atoms with E-state index in [-0.39, 0.29) is 6.42 Å². The highest BCUT2D eigenvalue weighted by Crippen LogP contribution is 2.11. The molecule has 0 aliphatic heterocycles. The number of carboxylic acids is 1. The van der Waals surface area contributed by atoms with E-state index in [0.29, 0.717) is 11.3 Å². The third-order valence-electron chi connectivity index (χ3n) is 1.78. The summed E-state index contributed by atoms with van der Waals surface area (Å²) in [5.41, 5.74) is 1.39. The van der Waals surface area contributed by atoms with E-state index in [1.165, 1.54) is 11.3 Å². The minimum absolute atomic E-state index is 0.00414. The van der Waals surface area contributed by atoms with Gasteiger partial charge in [-0.3, -0.25) is 9.80 Å². The maximum atomic E-state index is 10.4. The van der Waals surface area contributed by atoms with Gasteiger partial charge in [0, 0.05) is 0 Å². The van der Waals surface area contributed by atoms with E-state index >= 15 is 0 Å². The molecule has 80 valence electrons. The van der Waals surface area contributed by atoms with Gasteiger partial charge >= 0.3 is 5.97 Å². The summed E-state index contributed by atoms with van der Waals surface area (Å²) in [6.07, 6.45) is 1.25. The summed E-state index contributed by atoms with van der Waals surface area (Å²) in [7, 11) is 0. The second-order valence-corrected chi connectivity index (χ2v) is 2.91. The van der Waals surface area contributed by atoms with Crippen molar-refractivity contribution in [2.45, 2.75) is 6.42 Å². The Labute approximate surface area is 86.8 Å². The summed E-state index contributed by atoms with van der Waals surface area (Å²) in [5, 5.41) is 13.1. The summed E-state index contributed by atoms with van der Waals surface area (Å²) in [6.45, 7) is 0. The van der Waals surface area contributed by atoms with Crippen LogP contribution in [-0.4, -0.2) is 17.4 Å². The SMILES string of the molecule is N/N=C\N(N)c1ccc(CC(=O)O)cc1. The standard InChI is InChI=1S/C9H12N4O2/c10-12-6-13(11)8-3-1-7(2-4-8)5-9(14)15/h1-4,6H,5,10-11H2,(H,14,15)/b12-6-. The number of carboxylic acid groups (broad SMARTS) is 1. The molecule has 6 nitrogen and oxygen atoms in total. The largest absolute Gasteiger partial charge is 0.481 e. The molecule has 0 aliphatic carbocycles. The topological polar surface area (TPSA) is 105 Å². The lowest BCUT2D eigenvalue weighted by Crippen LogP contribution is -2.29. The predicted molar refractivity (Wildman–Crippen MR) is 57.1 cm³/mol. The van der Waals surface area contributed by atoms with Gasteiger partial charge in [-0.25, -0.2) is 5.84 Å². The fourth-order valence-electron chi connectivity index (χ4n) is 1.10. The van der Waals surface area contributed by atoms with Crippen LogP contribution < -0.4 is 16.7 Å². The Hall–Kier alpha value is -2.08. The Bertz CT molecular complexity index is 361. The zero-order valence-electron chi connectivity index (χ0n) is 8.00. The summed E-state index contributed by atoms with van der Waals surface area (Å²) in [6, 6.07) is 6.77. The van der Waals surface area contributed by atoms with E-state index in [1.54, 1.807) is 24.3 Å². The number of aliphatic carboxylic acids is 1. The van der Waals surface area contributed by atoms with Crippen molar-refractivity contribution in [3.63, 3.8) is 0 Å². The molecular formula is C9H12N4O2. The third kappa shape index (κ3) is 3.28. The molecule has 0 atom stereocenters. The molecule has 0 bridgehead atoms. The molecule has 0 radical (unpaired) electrons. The third-order valence-corrected chi connectivity index (χ3v) is 1.78. The molecule has 1 rings (SSSR count). The Morgan fingerprint density at radius 2 is 2.07 bits per heavy atom. The van der Waals surface area contributed by atoms with Gasteiger partial charge in [0.25, 0.3) is 0 Å². The number of hydrogen-bond acceptors (Lipinski definition) is 4. The summed E-state index contributed by atoms with van der Waals surface area (Å²) < 4.78 is 0. The molecule has 1 aromatic carbocycles. The molecule has 0 saturated heterocycles. The van der Waals surface area contributed by atoms with Crippen molar-refractivity contribution in [1.82, 2.24) is 0 Å². The van der Waals surface area contributed by atoms with Crippen LogP contribution >= 0.6 is 0 Å². The molecule has 0 heterocycles. The molecule has 0 fully saturated rings. The normalized spacial score (nSPS) is 10.5. The first kappa shape index (κ1) is 11.0. The first-order valence-corrected chi connectivity index (χ1v) is 4.21. The maximum Gasteiger partial charge on any atom is 0.307 e. The Kier molecular flexibility index (Phi) is 3.64. The van der Waals surface area contributed by atoms with Crippen LogP contribution in [0.2, 0.25) is 0 Å². The molecule has 1 aromatic rings. The van der Waals surface area contributed by atoms with Gasteiger partial charge in [-0.2, -0.15) is 5.10 Å². The Morgan fingerprint density at radius 3 is 2.53 bits per heavy atom. The van der Waals surface area contributed by atoms with Crippen molar-refractivity contribution in [2.24, 2.45) is 16.8 Å². The zero-order valence-corrected chi connectivity index (χ0v) is 8.00. The number of hydrazone groups is 1. The second-order valence-electron chi connectivity index (χ2n) is 2.91. The van der Waals surface area contributed by atoms with Crippen LogP contribution in [0.15, 0.2) is 29.4 Å². The highest BCUT2D eigenvalue weighted by molar-refractivity contribution is 5.77. The molecule has 0 aliphatic rings. The monoisotopic (exact) mass is 208 g/mol. The van der Waals surface area contributed by atoms with E-state index in [2.05, 4.69) is 5.10 Å². The number of hydrogen-bond donors (Lipinski definition) is 3. The Morgan fingerprint density at radius 1 is 1.47 bits per heavy atom. The maximum absolute atomic E-state index is 10.4. The van der Waals surface area contributed by atoms with Gasteiger partial charge in [-0.1, -0.05) is 12.1 Å². The first-order chi connectivity index (χ1) is 7.13. The minimum Gasteiger partial charge on any atom is -0.481 e. The molecule has 6 heteroatoms. The number of benzene rings is 1. The molecule has 15 heavy (non-hydrogen) atoms. The minimum atomic E-state index is -0.865. The van der Waals surface area contributed by atoms with Crippen LogP contribution in [0.1, 0.15) is 5.56 Å². The van der Waals surface area contributed by atoms with Gasteiger partial charge in [-0.05, 0) is 17.7 Å². The van der Waals surface area contributed by atoms with E-state index in [4.69, 9.17) is 16.8 Å². The van der Waals surface area contributed by atoms with Crippen molar-refractivity contribution in [3.8, 4) is 0 Å². The van der Waals surface area contributed by atoms with Crippen molar-refractivity contribution < 1.29 is 9.90 Å². The van der Waals surface area contributed by atoms with Crippen LogP contribution in [0.4, 0.5) is 5.69 Å². The van der Waals surface area contributed by atoms with E-state index < -0.39 is 5.97 Å². The quantitative estimate of drug-likeness (QED) is 0.277. The summed E-state index contributed by atoms with van der Waals surface area (Å²) in [5.74, 6) is 9.61. The number of carbonyl (C=O) groups is 1. The van der Waals surface area contributed by atoms with Gasteiger partial charge in [0.05, 0.1) is 12.1 Å². The smallest absolute Gasteiger partial charge is 0.307 e. The average Bonchev–Trinajstić information content (AvgIpc) is 2.18. The molecule has 5 N–H and O–H groups in total. The van der Waals surface area contributed by atoms with Crippen molar-refractivity contribution in [1.29, 1.82) is 0 Å². The molecular weight excluding hydrogens is 196 g/mol. The lowest BCUT2D eigenvalue weighted by molar-refractivity contribution is -0.136. The van der Waals surface area contributed by atoms with Crippen LogP contribution in [0.25, 0.3) is 0 Å². The Balaban J connectivity index is 2.75. The molecule has 0 amide bonds. The van der Waals surface area contributed by atoms with E-state index in [0.717, 1.165) is 0 Å². The van der Waals surface area contributed by atoms with Crippen LogP contribution in [0, 0.1) is 0 Å². The fourth-order valence-corrected chi connectivity index (χ4v) is 1.10. The number of hydrazine groups is 1. The zero-order chi connectivity index (χ0) is 11.3. The average molecular weight is 208 g/mol. The fraction of sp³-hybridized carbons (Fsp3) is 0.111. The first-order valence-electron chi connectivity index (χ1n) is 4.21. The predicted octanol–water partition coefficient (Wildman–Crippen LogP) is -0.104. The van der Waals surface area contributed by atoms with Gasteiger partial charge < -0.3 is 10.9 Å². The van der Waals surface area contributed by atoms with Gasteiger partial charge in [0.1, 0.15) is 6.34 Å². The second kappa shape index (κ2) is 4.97. The number of nitrogens with two attached hydrogens (primary N) is 2. The molecule has 0 spiro atoms. The van der Waals surface area contributed by atoms with E-state index in [9.17, 15) is 4.79 Å². The van der Waals surface area contributed by atoms with Crippen LogP contribution in [0.3, 0.4) is 0 Å². The van der Waals surface area contributed by atoms with Crippen LogP contribution in [-0.2, 0) is 11.2 Å². The van der Waals surface area contributed by atoms with Crippen molar-refractivity contribution >= 4 is 18.0 Å². The number of anilines is 1. The number of rotatable bonds is 4. The van der Waals surface area contributed by atoms with Gasteiger partial charge in [0.2, 0.25) is 0 Å². The molecule has 0 unspecified atom stereocenters. The molecule has 0 saturated carbocycles. The van der Waals surface area contributed by atoms with E-state index in [1.807, 2.05) is 0 Å². The summed E-state index contributed by atoms with van der Waals surface area (Å²) in [4.78, 5) is 10.4. The molecule has 0 aromatic heterocycles. The van der Waals surface area contributed by atoms with Crippen molar-refractivity contribution in [3.05, 3.63) is 29.8 Å². The lowest BCUT2D eigenvalue weighted by atomic mass is 10.1. The highest BCUT2D eigenvalue weighted by Gasteiger charge is 2.01. The number of nitrogens with zero attached hydrogens (tertiary/aromatic N) is 2. The van der Waals surface area contributed by atoms with Crippen LogP contribution in [0.5, 0.6) is 0 Å². The lowest BCUT2D eigenvalue weighted by Gasteiger charge is -2.11. The summed E-state index contributed by atoms with van der Waals surface area (Å²) >= 11 is 0. The highest BCUT2D eigenvalue weighted by atomic mass is 16.4. The van der Waals surface area contributed by atoms with Gasteiger partial charge in [-0.15, -0.1) is 0 Å².